The molecular weight excluding hydrogens is 214 g/mol. The monoisotopic (exact) mass is 234 g/mol. The number of benzene rings is 1. The zero-order chi connectivity index (χ0) is 12.3. The number of ether oxygens (including phenoxy) is 1. The molecule has 1 heterocycles. The summed E-state index contributed by atoms with van der Waals surface area (Å²) in [5.74, 6) is 0. The number of rotatable bonds is 3. The van der Waals surface area contributed by atoms with Crippen molar-refractivity contribution in [1.82, 2.24) is 4.90 Å². The van der Waals surface area contributed by atoms with Crippen LogP contribution in [0.1, 0.15) is 18.9 Å². The Morgan fingerprint density at radius 2 is 2.18 bits per heavy atom. The maximum absolute atomic E-state index is 10.4. The maximum Gasteiger partial charge on any atom is 0.121 e. The Morgan fingerprint density at radius 1 is 1.47 bits per heavy atom. The van der Waals surface area contributed by atoms with E-state index in [2.05, 4.69) is 7.05 Å². The van der Waals surface area contributed by atoms with Gasteiger partial charge in [-0.15, -0.1) is 0 Å². The highest BCUT2D eigenvalue weighted by Gasteiger charge is 2.42. The quantitative estimate of drug-likeness (QED) is 0.809. The molecule has 3 nitrogen and oxygen atoms in total. The van der Waals surface area contributed by atoms with Crippen LogP contribution in [0.3, 0.4) is 0 Å². The molecule has 2 rings (SSSR count). The van der Waals surface area contributed by atoms with Crippen molar-refractivity contribution in [2.45, 2.75) is 25.0 Å². The van der Waals surface area contributed by atoms with Crippen molar-refractivity contribution < 1.29 is 9.84 Å². The van der Waals surface area contributed by atoms with Gasteiger partial charge in [0.2, 0.25) is 0 Å². The van der Waals surface area contributed by atoms with Crippen molar-refractivity contribution in [3.8, 4) is 0 Å². The summed E-state index contributed by atoms with van der Waals surface area (Å²) in [6, 6.07) is 10.0. The molecule has 1 aromatic carbocycles. The molecule has 0 radical (unpaired) electrons. The Kier molecular flexibility index (Phi) is 3.82. The Hall–Kier alpha value is -0.900. The van der Waals surface area contributed by atoms with Crippen LogP contribution in [0.4, 0.5) is 0 Å². The van der Waals surface area contributed by atoms with Gasteiger partial charge in [0, 0.05) is 6.61 Å². The third-order valence-electron chi connectivity index (χ3n) is 3.43. The number of hydrogen-bond acceptors (Lipinski definition) is 3. The highest BCUT2D eigenvalue weighted by molar-refractivity contribution is 5.25. The van der Waals surface area contributed by atoms with E-state index in [0.717, 1.165) is 18.5 Å². The first-order valence-corrected chi connectivity index (χ1v) is 6.12. The molecule has 1 N–H and O–H groups in total. The lowest BCUT2D eigenvalue weighted by Gasteiger charge is -2.47. The van der Waals surface area contributed by atoms with Crippen LogP contribution in [-0.4, -0.2) is 35.8 Å². The number of aliphatic hydroxyl groups is 1. The first-order valence-electron chi connectivity index (χ1n) is 6.12. The highest BCUT2D eigenvalue weighted by atomic mass is 16.5. The fourth-order valence-electron chi connectivity index (χ4n) is 2.54. The third-order valence-corrected chi connectivity index (χ3v) is 3.43. The molecule has 0 bridgehead atoms. The van der Waals surface area contributed by atoms with Crippen molar-refractivity contribution in [1.29, 1.82) is 0 Å². The number of aliphatic hydroxyl groups excluding tert-OH is 1. The second-order valence-corrected chi connectivity index (χ2v) is 4.53. The van der Waals surface area contributed by atoms with Crippen molar-refractivity contribution in [3.63, 3.8) is 0 Å². The van der Waals surface area contributed by atoms with E-state index in [4.69, 9.17) is 4.74 Å². The van der Waals surface area contributed by atoms with Crippen LogP contribution < -0.4 is 0 Å². The summed E-state index contributed by atoms with van der Waals surface area (Å²) in [7, 11) is 3.89. The number of β-amino-alcohol motifs (C(OH)–C–C–N with tert-alkyl or cyclic N) is 1. The van der Waals surface area contributed by atoms with E-state index < -0.39 is 11.7 Å². The van der Waals surface area contributed by atoms with Crippen LogP contribution >= 0.6 is 0 Å². The Bertz CT molecular complexity index is 354. The van der Waals surface area contributed by atoms with Crippen LogP contribution in [0.25, 0.3) is 0 Å². The summed E-state index contributed by atoms with van der Waals surface area (Å²) in [6.07, 6.45) is 0.242. The van der Waals surface area contributed by atoms with E-state index in [1.54, 1.807) is 0 Å². The fourth-order valence-corrected chi connectivity index (χ4v) is 2.54. The van der Waals surface area contributed by atoms with Gasteiger partial charge in [-0.1, -0.05) is 30.3 Å². The lowest BCUT2D eigenvalue weighted by Crippen LogP contribution is -2.53. The summed E-state index contributed by atoms with van der Waals surface area (Å²) >= 11 is 0. The molecule has 0 aliphatic carbocycles. The predicted molar refractivity (Wildman–Crippen MR) is 67.3 cm³/mol. The topological polar surface area (TPSA) is 32.7 Å². The van der Waals surface area contributed by atoms with E-state index in [1.165, 1.54) is 0 Å². The molecule has 1 fully saturated rings. The molecule has 0 unspecified atom stereocenters. The molecule has 1 aliphatic rings. The van der Waals surface area contributed by atoms with Crippen LogP contribution in [0, 0.1) is 7.05 Å². The molecular formula is C14H20NO2-. The minimum atomic E-state index is -0.565. The Labute approximate surface area is 103 Å². The molecule has 1 saturated heterocycles. The van der Waals surface area contributed by atoms with Gasteiger partial charge in [-0.05, 0) is 32.0 Å². The van der Waals surface area contributed by atoms with Crippen molar-refractivity contribution >= 4 is 0 Å². The predicted octanol–water partition coefficient (Wildman–Crippen LogP) is 1.78. The van der Waals surface area contributed by atoms with Gasteiger partial charge >= 0.3 is 0 Å². The van der Waals surface area contributed by atoms with E-state index in [0.29, 0.717) is 13.2 Å². The molecule has 1 aliphatic heterocycles. The minimum Gasteiger partial charge on any atom is -0.457 e. The number of piperidine rings is 1. The molecule has 2 atom stereocenters. The van der Waals surface area contributed by atoms with E-state index in [9.17, 15) is 5.11 Å². The highest BCUT2D eigenvalue weighted by Crippen LogP contribution is 2.36. The summed E-state index contributed by atoms with van der Waals surface area (Å²) < 4.78 is 5.91. The van der Waals surface area contributed by atoms with Gasteiger partial charge in [0.15, 0.2) is 0 Å². The van der Waals surface area contributed by atoms with Gasteiger partial charge in [-0.3, -0.25) is 7.05 Å². The molecule has 1 aromatic rings. The zero-order valence-corrected chi connectivity index (χ0v) is 10.3. The fraction of sp³-hybridized carbons (Fsp3) is 0.500. The summed E-state index contributed by atoms with van der Waals surface area (Å²) in [5, 5.41) is 10.4. The standard InChI is InChI=1S/C14H20NO2/c1-3-17-14(12-7-5-4-6-8-12)9-10-15(2)11-13(14)16/h4-8,13,16H,2-3,9-11H2,1H3/q-1/t13-,14-/m0/s1. The Morgan fingerprint density at radius 3 is 2.76 bits per heavy atom. The molecule has 94 valence electrons. The number of nitrogens with zero attached hydrogens (tertiary/aromatic N) is 1. The molecule has 3 heteroatoms. The van der Waals surface area contributed by atoms with Gasteiger partial charge in [0.25, 0.3) is 0 Å². The van der Waals surface area contributed by atoms with Crippen molar-refractivity contribution in [2.24, 2.45) is 0 Å². The van der Waals surface area contributed by atoms with Crippen molar-refractivity contribution in [2.75, 3.05) is 19.7 Å². The van der Waals surface area contributed by atoms with Crippen LogP contribution in [0.2, 0.25) is 0 Å². The van der Waals surface area contributed by atoms with Crippen LogP contribution in [-0.2, 0) is 10.3 Å². The number of likely N-dealkylation sites (tertiary alicyclic amines) is 1. The van der Waals surface area contributed by atoms with E-state index in [-0.39, 0.29) is 0 Å². The normalized spacial score (nSPS) is 30.4. The lowest BCUT2D eigenvalue weighted by atomic mass is 9.82. The average Bonchev–Trinajstić information content (AvgIpc) is 2.34. The van der Waals surface area contributed by atoms with Gasteiger partial charge in [0.05, 0.1) is 6.10 Å². The largest absolute Gasteiger partial charge is 0.457 e. The van der Waals surface area contributed by atoms with Gasteiger partial charge in [0.1, 0.15) is 5.60 Å². The van der Waals surface area contributed by atoms with E-state index in [1.807, 2.05) is 42.2 Å². The molecule has 17 heavy (non-hydrogen) atoms. The molecule has 0 spiro atoms. The third kappa shape index (κ3) is 2.37. The molecule has 0 aromatic heterocycles. The zero-order valence-electron chi connectivity index (χ0n) is 10.3. The second-order valence-electron chi connectivity index (χ2n) is 4.53. The van der Waals surface area contributed by atoms with Gasteiger partial charge in [-0.2, -0.15) is 0 Å². The SMILES string of the molecule is [CH2-]N1CC[C@](OCC)(c2ccccc2)[C@@H](O)C1. The Balaban J connectivity index is 2.32. The molecule has 0 amide bonds. The first-order chi connectivity index (χ1) is 8.19. The summed E-state index contributed by atoms with van der Waals surface area (Å²) in [6.45, 7) is 3.96. The first kappa shape index (κ1) is 12.6. The lowest BCUT2D eigenvalue weighted by molar-refractivity contribution is -0.156. The maximum atomic E-state index is 10.4. The van der Waals surface area contributed by atoms with Gasteiger partial charge in [-0.25, -0.2) is 0 Å². The second kappa shape index (κ2) is 5.17. The van der Waals surface area contributed by atoms with Gasteiger partial charge < -0.3 is 14.7 Å². The summed E-state index contributed by atoms with van der Waals surface area (Å²) in [4.78, 5) is 1.89. The molecule has 0 saturated carbocycles. The van der Waals surface area contributed by atoms with E-state index >= 15 is 0 Å². The minimum absolute atomic E-state index is 0.531. The van der Waals surface area contributed by atoms with Crippen LogP contribution in [0.5, 0.6) is 0 Å². The van der Waals surface area contributed by atoms with Crippen LogP contribution in [0.15, 0.2) is 30.3 Å². The summed E-state index contributed by atoms with van der Waals surface area (Å²) in [5.41, 5.74) is 0.493. The number of hydrogen-bond donors (Lipinski definition) is 1. The average molecular weight is 234 g/mol. The smallest absolute Gasteiger partial charge is 0.121 e. The van der Waals surface area contributed by atoms with Crippen molar-refractivity contribution in [3.05, 3.63) is 42.9 Å².